The third-order valence-corrected chi connectivity index (χ3v) is 5.52. The van der Waals surface area contributed by atoms with Crippen LogP contribution in [0.3, 0.4) is 0 Å². The number of hydrogen-bond donors (Lipinski definition) is 0. The Kier molecular flexibility index (Phi) is 2.69. The van der Waals surface area contributed by atoms with Crippen molar-refractivity contribution in [2.24, 2.45) is 7.05 Å². The van der Waals surface area contributed by atoms with E-state index in [2.05, 4.69) is 37.2 Å². The van der Waals surface area contributed by atoms with Crippen molar-refractivity contribution in [2.75, 3.05) is 0 Å². The Hall–Kier alpha value is -1.41. The van der Waals surface area contributed by atoms with Crippen LogP contribution in [-0.4, -0.2) is 8.07 Å². The Morgan fingerprint density at radius 1 is 1.11 bits per heavy atom. The quantitative estimate of drug-likeness (QED) is 0.584. The monoisotopic (exact) mass is 273 g/mol. The molecule has 2 aromatic rings. The van der Waals surface area contributed by atoms with Gasteiger partial charge in [-0.1, -0.05) is 37.8 Å². The average molecular weight is 273 g/mol. The first kappa shape index (κ1) is 10.4. The van der Waals surface area contributed by atoms with Gasteiger partial charge in [0.15, 0.2) is 6.20 Å². The molecule has 0 unspecified atom stereocenters. The molecule has 0 atom stereocenters. The van der Waals surface area contributed by atoms with Gasteiger partial charge in [-0.25, -0.2) is 4.57 Å². The van der Waals surface area contributed by atoms with Crippen molar-refractivity contribution in [3.05, 3.63) is 47.7 Å². The van der Waals surface area contributed by atoms with Crippen molar-refractivity contribution in [1.29, 1.82) is 0 Å². The maximum atomic E-state index is 7.92. The molecule has 0 saturated heterocycles. The van der Waals surface area contributed by atoms with Crippen molar-refractivity contribution >= 4 is 13.3 Å². The van der Waals surface area contributed by atoms with Crippen molar-refractivity contribution < 1.29 is 8.68 Å². The second-order valence-corrected chi connectivity index (χ2v) is 11.2. The highest BCUT2D eigenvalue weighted by atomic mass is 28.3. The van der Waals surface area contributed by atoms with E-state index in [9.17, 15) is 0 Å². The molecule has 0 bridgehead atoms. The van der Waals surface area contributed by atoms with E-state index in [1.165, 1.54) is 0 Å². The smallest absolute Gasteiger partial charge is 0.201 e. The molecule has 0 fully saturated rings. The summed E-state index contributed by atoms with van der Waals surface area (Å²) in [5, 5.41) is 1.01. The molecule has 1 aromatic carbocycles. The molecule has 2 heteroatoms. The first-order valence-electron chi connectivity index (χ1n) is 8.12. The molecule has 0 aliphatic carbocycles. The van der Waals surface area contributed by atoms with Gasteiger partial charge in [-0.3, -0.25) is 0 Å². The van der Waals surface area contributed by atoms with Crippen LogP contribution < -0.4 is 9.75 Å². The molecule has 100 valence electrons. The van der Waals surface area contributed by atoms with Gasteiger partial charge in [-0.15, -0.1) is 0 Å². The average Bonchev–Trinajstić information content (AvgIpc) is 2.37. The number of benzene rings is 1. The van der Waals surface area contributed by atoms with Crippen molar-refractivity contribution in [1.82, 2.24) is 0 Å². The minimum atomic E-state index is -2.08. The third kappa shape index (κ3) is 2.79. The lowest BCUT2D eigenvalue weighted by Crippen LogP contribution is -2.46. The molecule has 2 rings (SSSR count). The molecule has 0 spiro atoms. The van der Waals surface area contributed by atoms with E-state index in [1.54, 1.807) is 0 Å². The molecule has 0 saturated carbocycles. The van der Waals surface area contributed by atoms with Crippen LogP contribution in [0.4, 0.5) is 0 Å². The summed E-state index contributed by atoms with van der Waals surface area (Å²) in [6.45, 7) is 6.53. The van der Waals surface area contributed by atoms with Gasteiger partial charge in [0, 0.05) is 20.9 Å². The zero-order valence-electron chi connectivity index (χ0n) is 15.4. The van der Waals surface area contributed by atoms with Gasteiger partial charge in [0.05, 0.1) is 8.07 Å². The van der Waals surface area contributed by atoms with E-state index in [0.717, 1.165) is 22.0 Å². The molecule has 0 aliphatic heterocycles. The second kappa shape index (κ2) is 4.93. The predicted molar refractivity (Wildman–Crippen MR) is 85.5 cm³/mol. The Labute approximate surface area is 122 Å². The number of aromatic nitrogens is 1. The van der Waals surface area contributed by atoms with Crippen LogP contribution in [0.1, 0.15) is 15.2 Å². The Balaban J connectivity index is 2.77. The Bertz CT molecular complexity index is 700. The molecular formula is C17H24NSi+. The van der Waals surface area contributed by atoms with Crippen LogP contribution in [0.2, 0.25) is 19.6 Å². The van der Waals surface area contributed by atoms with Gasteiger partial charge in [0.1, 0.15) is 7.05 Å². The third-order valence-electron chi connectivity index (χ3n) is 3.50. The van der Waals surface area contributed by atoms with E-state index < -0.39 is 14.9 Å². The van der Waals surface area contributed by atoms with Crippen molar-refractivity contribution in [2.45, 2.75) is 33.4 Å². The molecule has 0 amide bonds. The summed E-state index contributed by atoms with van der Waals surface area (Å²) in [4.78, 5) is 0. The maximum absolute atomic E-state index is 7.92. The fraction of sp³-hybridized carbons (Fsp3) is 0.353. The lowest BCUT2D eigenvalue weighted by atomic mass is 10.0. The van der Waals surface area contributed by atoms with E-state index in [-0.39, 0.29) is 0 Å². The fourth-order valence-electron chi connectivity index (χ4n) is 2.37. The molecule has 0 aliphatic rings. The van der Waals surface area contributed by atoms with Gasteiger partial charge in [0.2, 0.25) is 5.69 Å². The highest BCUT2D eigenvalue weighted by Gasteiger charge is 2.24. The zero-order chi connectivity index (χ0) is 16.7. The fourth-order valence-corrected chi connectivity index (χ4v) is 3.84. The normalized spacial score (nSPS) is 14.7. The van der Waals surface area contributed by atoms with Gasteiger partial charge < -0.3 is 0 Å². The Morgan fingerprint density at radius 3 is 2.37 bits per heavy atom. The predicted octanol–water partition coefficient (Wildman–Crippen LogP) is 3.34. The van der Waals surface area contributed by atoms with Gasteiger partial charge >= 0.3 is 0 Å². The minimum absolute atomic E-state index is 0.503. The molecule has 1 heterocycles. The van der Waals surface area contributed by atoms with E-state index in [1.807, 2.05) is 37.5 Å². The van der Waals surface area contributed by atoms with Crippen molar-refractivity contribution in [3.63, 3.8) is 0 Å². The largest absolute Gasteiger partial charge is 0.212 e. The summed E-state index contributed by atoms with van der Waals surface area (Å²) in [5.41, 5.74) is 3.68. The van der Waals surface area contributed by atoms with Crippen LogP contribution in [0.5, 0.6) is 0 Å². The minimum Gasteiger partial charge on any atom is -0.201 e. The molecule has 1 nitrogen and oxygen atoms in total. The molecular weight excluding hydrogens is 246 g/mol. The maximum Gasteiger partial charge on any atom is 0.212 e. The number of aryl methyl sites for hydroxylation is 3. The summed E-state index contributed by atoms with van der Waals surface area (Å²) >= 11 is 0. The summed E-state index contributed by atoms with van der Waals surface area (Å²) in [5.74, 6) is 0. The van der Waals surface area contributed by atoms with Crippen LogP contribution in [-0.2, 0) is 7.05 Å². The summed E-state index contributed by atoms with van der Waals surface area (Å²) < 4.78 is 25.8. The first-order valence-corrected chi connectivity index (χ1v) is 10.1. The summed E-state index contributed by atoms with van der Waals surface area (Å²) in [6.07, 6.45) is 2.02. The topological polar surface area (TPSA) is 3.88 Å². The lowest BCUT2D eigenvalue weighted by molar-refractivity contribution is -0.659. The van der Waals surface area contributed by atoms with Gasteiger partial charge in [-0.2, -0.15) is 0 Å². The molecule has 1 aromatic heterocycles. The van der Waals surface area contributed by atoms with Crippen LogP contribution >= 0.6 is 0 Å². The number of nitrogens with zero attached hydrogens (tertiary/aromatic N) is 1. The van der Waals surface area contributed by atoms with Crippen molar-refractivity contribution in [3.8, 4) is 11.3 Å². The van der Waals surface area contributed by atoms with Crippen LogP contribution in [0.25, 0.3) is 11.3 Å². The molecule has 0 N–H and O–H groups in total. The van der Waals surface area contributed by atoms with E-state index in [0.29, 0.717) is 5.56 Å². The molecule has 19 heavy (non-hydrogen) atoms. The number of pyridine rings is 1. The molecule has 0 radical (unpaired) electrons. The Morgan fingerprint density at radius 2 is 1.79 bits per heavy atom. The standard InChI is InChI=1S/C17H24NSi/c1-13-9-7-8-10-15(13)16-11-14(2)17(12-18(16)3)19(4,5)6/h7-12H,1-6H3/q+1/i2D3. The SMILES string of the molecule is [2H]C([2H])([2H])c1cc(-c2ccccc2C)[n+](C)cc1[Si](C)(C)C. The number of rotatable bonds is 2. The van der Waals surface area contributed by atoms with Crippen LogP contribution in [0, 0.1) is 13.8 Å². The number of hydrogen-bond acceptors (Lipinski definition) is 0. The lowest BCUT2D eigenvalue weighted by Gasteiger charge is -2.18. The first-order chi connectivity index (χ1) is 10.0. The van der Waals surface area contributed by atoms with Gasteiger partial charge in [0.25, 0.3) is 0 Å². The highest BCUT2D eigenvalue weighted by molar-refractivity contribution is 6.88. The van der Waals surface area contributed by atoms with E-state index in [4.69, 9.17) is 4.11 Å². The highest BCUT2D eigenvalue weighted by Crippen LogP contribution is 2.20. The summed E-state index contributed by atoms with van der Waals surface area (Å²) in [7, 11) is 0.257. The van der Waals surface area contributed by atoms with Gasteiger partial charge in [-0.05, 0) is 31.0 Å². The summed E-state index contributed by atoms with van der Waals surface area (Å²) in [6, 6.07) is 9.95. The second-order valence-electron chi connectivity index (χ2n) is 6.16. The van der Waals surface area contributed by atoms with Crippen LogP contribution in [0.15, 0.2) is 36.5 Å². The van der Waals surface area contributed by atoms with E-state index >= 15 is 0 Å². The zero-order valence-corrected chi connectivity index (χ0v) is 13.4.